The van der Waals surface area contributed by atoms with Crippen molar-refractivity contribution in [1.82, 2.24) is 10.3 Å². The first-order valence-corrected chi connectivity index (χ1v) is 9.39. The number of amides is 1. The van der Waals surface area contributed by atoms with Gasteiger partial charge in [-0.3, -0.25) is 4.79 Å². The van der Waals surface area contributed by atoms with Gasteiger partial charge < -0.3 is 20.8 Å². The maximum absolute atomic E-state index is 12.3. The van der Waals surface area contributed by atoms with Gasteiger partial charge in [0, 0.05) is 29.8 Å². The van der Waals surface area contributed by atoms with Crippen LogP contribution in [-0.2, 0) is 0 Å². The molecule has 2 aromatic rings. The van der Waals surface area contributed by atoms with E-state index in [1.807, 2.05) is 18.2 Å². The molecule has 3 rings (SSSR count). The van der Waals surface area contributed by atoms with Crippen molar-refractivity contribution >= 4 is 11.9 Å². The molecule has 0 bridgehead atoms. The van der Waals surface area contributed by atoms with E-state index in [2.05, 4.69) is 29.5 Å². The van der Waals surface area contributed by atoms with Crippen LogP contribution in [-0.4, -0.2) is 29.5 Å². The van der Waals surface area contributed by atoms with E-state index in [1.54, 1.807) is 12.3 Å². The summed E-state index contributed by atoms with van der Waals surface area (Å²) in [5, 5.41) is 6.24. The predicted molar refractivity (Wildman–Crippen MR) is 103 cm³/mol. The molecule has 1 aliphatic carbocycles. The Bertz CT molecular complexity index is 741. The molecule has 0 saturated heterocycles. The van der Waals surface area contributed by atoms with Crippen molar-refractivity contribution in [2.24, 2.45) is 11.7 Å². The Hall–Kier alpha value is -2.34. The standard InChI is InChI=1S/C20H28N4O2/c1-13(2)11-22-19(25)15-7-5-6-14(10-15)18-12-23-20(26-18)24-17-9-4-3-8-16(17)21/h5-7,10,12-13,16-17H,3-4,8-9,11,21H2,1-2H3,(H,22,25)(H,23,24)/t16-,17-/m1/s1. The molecule has 2 atom stereocenters. The summed E-state index contributed by atoms with van der Waals surface area (Å²) in [6.07, 6.45) is 6.10. The van der Waals surface area contributed by atoms with Crippen LogP contribution in [0.2, 0.25) is 0 Å². The van der Waals surface area contributed by atoms with Crippen LogP contribution in [0.25, 0.3) is 11.3 Å². The van der Waals surface area contributed by atoms with Gasteiger partial charge in [-0.1, -0.05) is 38.8 Å². The first-order chi connectivity index (χ1) is 12.5. The third-order valence-corrected chi connectivity index (χ3v) is 4.71. The fourth-order valence-corrected chi connectivity index (χ4v) is 3.18. The van der Waals surface area contributed by atoms with Crippen molar-refractivity contribution in [2.45, 2.75) is 51.6 Å². The number of nitrogens with one attached hydrogen (secondary N) is 2. The van der Waals surface area contributed by atoms with Gasteiger partial charge in [0.15, 0.2) is 5.76 Å². The molecule has 1 aromatic carbocycles. The minimum absolute atomic E-state index is 0.0772. The minimum Gasteiger partial charge on any atom is -0.424 e. The van der Waals surface area contributed by atoms with Gasteiger partial charge in [0.05, 0.1) is 6.20 Å². The Morgan fingerprint density at radius 2 is 2.15 bits per heavy atom. The van der Waals surface area contributed by atoms with E-state index in [-0.39, 0.29) is 18.0 Å². The summed E-state index contributed by atoms with van der Waals surface area (Å²) in [7, 11) is 0. The van der Waals surface area contributed by atoms with E-state index >= 15 is 0 Å². The zero-order valence-corrected chi connectivity index (χ0v) is 15.5. The van der Waals surface area contributed by atoms with Crippen LogP contribution in [0.5, 0.6) is 0 Å². The van der Waals surface area contributed by atoms with Crippen LogP contribution >= 0.6 is 0 Å². The summed E-state index contributed by atoms with van der Waals surface area (Å²) in [4.78, 5) is 16.6. The molecule has 6 heteroatoms. The molecule has 1 fully saturated rings. The lowest BCUT2D eigenvalue weighted by Gasteiger charge is -2.28. The summed E-state index contributed by atoms with van der Waals surface area (Å²) < 4.78 is 5.84. The fourth-order valence-electron chi connectivity index (χ4n) is 3.18. The molecule has 0 spiro atoms. The third-order valence-electron chi connectivity index (χ3n) is 4.71. The number of hydrogen-bond donors (Lipinski definition) is 3. The largest absolute Gasteiger partial charge is 0.424 e. The summed E-state index contributed by atoms with van der Waals surface area (Å²) in [5.74, 6) is 0.971. The van der Waals surface area contributed by atoms with E-state index in [0.717, 1.165) is 18.4 Å². The average molecular weight is 356 g/mol. The van der Waals surface area contributed by atoms with Gasteiger partial charge in [-0.25, -0.2) is 4.98 Å². The van der Waals surface area contributed by atoms with Gasteiger partial charge in [0.1, 0.15) is 0 Å². The van der Waals surface area contributed by atoms with Crippen LogP contribution in [0.3, 0.4) is 0 Å². The monoisotopic (exact) mass is 356 g/mol. The number of carbonyl (C=O) groups excluding carboxylic acids is 1. The van der Waals surface area contributed by atoms with Crippen LogP contribution in [0, 0.1) is 5.92 Å². The van der Waals surface area contributed by atoms with Crippen molar-refractivity contribution in [3.05, 3.63) is 36.0 Å². The first-order valence-electron chi connectivity index (χ1n) is 9.39. The summed E-state index contributed by atoms with van der Waals surface area (Å²) in [6.45, 7) is 4.79. The lowest BCUT2D eigenvalue weighted by Crippen LogP contribution is -2.42. The van der Waals surface area contributed by atoms with E-state index in [1.165, 1.54) is 12.8 Å². The van der Waals surface area contributed by atoms with E-state index < -0.39 is 0 Å². The summed E-state index contributed by atoms with van der Waals surface area (Å²) in [6, 6.07) is 8.21. The zero-order valence-electron chi connectivity index (χ0n) is 15.5. The normalized spacial score (nSPS) is 20.2. The molecule has 6 nitrogen and oxygen atoms in total. The highest BCUT2D eigenvalue weighted by molar-refractivity contribution is 5.95. The second-order valence-electron chi connectivity index (χ2n) is 7.41. The van der Waals surface area contributed by atoms with Gasteiger partial charge in [-0.2, -0.15) is 0 Å². The molecule has 0 unspecified atom stereocenters. The van der Waals surface area contributed by atoms with Gasteiger partial charge in [-0.15, -0.1) is 0 Å². The van der Waals surface area contributed by atoms with Gasteiger partial charge in [0.25, 0.3) is 11.9 Å². The SMILES string of the molecule is CC(C)CNC(=O)c1cccc(-c2cnc(N[C@@H]3CCCC[C@H]3N)o2)c1. The minimum atomic E-state index is -0.0772. The second kappa shape index (κ2) is 8.36. The number of aromatic nitrogens is 1. The number of rotatable bonds is 6. The Morgan fingerprint density at radius 3 is 2.92 bits per heavy atom. The molecule has 0 aliphatic heterocycles. The summed E-state index contributed by atoms with van der Waals surface area (Å²) in [5.41, 5.74) is 7.61. The van der Waals surface area contributed by atoms with Crippen LogP contribution < -0.4 is 16.4 Å². The molecule has 4 N–H and O–H groups in total. The second-order valence-corrected chi connectivity index (χ2v) is 7.41. The molecule has 0 radical (unpaired) electrons. The molecule has 1 aromatic heterocycles. The maximum atomic E-state index is 12.3. The van der Waals surface area contributed by atoms with Crippen LogP contribution in [0.15, 0.2) is 34.9 Å². The van der Waals surface area contributed by atoms with Crippen molar-refractivity contribution < 1.29 is 9.21 Å². The Kier molecular flexibility index (Phi) is 5.93. The van der Waals surface area contributed by atoms with E-state index in [9.17, 15) is 4.79 Å². The molecule has 1 amide bonds. The summed E-state index contributed by atoms with van der Waals surface area (Å²) >= 11 is 0. The third kappa shape index (κ3) is 4.64. The van der Waals surface area contributed by atoms with Crippen LogP contribution in [0.1, 0.15) is 49.9 Å². The molecular formula is C20H28N4O2. The molecule has 26 heavy (non-hydrogen) atoms. The van der Waals surface area contributed by atoms with Crippen molar-refractivity contribution in [2.75, 3.05) is 11.9 Å². The van der Waals surface area contributed by atoms with E-state index in [0.29, 0.717) is 29.8 Å². The fraction of sp³-hybridized carbons (Fsp3) is 0.500. The zero-order chi connectivity index (χ0) is 18.5. The number of nitrogens with zero attached hydrogens (tertiary/aromatic N) is 1. The Balaban J connectivity index is 1.69. The first kappa shape index (κ1) is 18.5. The maximum Gasteiger partial charge on any atom is 0.295 e. The highest BCUT2D eigenvalue weighted by Crippen LogP contribution is 2.26. The predicted octanol–water partition coefficient (Wildman–Crippen LogP) is 3.41. The number of hydrogen-bond acceptors (Lipinski definition) is 5. The van der Waals surface area contributed by atoms with Crippen molar-refractivity contribution in [1.29, 1.82) is 0 Å². The number of oxazole rings is 1. The number of anilines is 1. The smallest absolute Gasteiger partial charge is 0.295 e. The van der Waals surface area contributed by atoms with Gasteiger partial charge >= 0.3 is 0 Å². The van der Waals surface area contributed by atoms with Gasteiger partial charge in [0.2, 0.25) is 0 Å². The highest BCUT2D eigenvalue weighted by Gasteiger charge is 2.23. The van der Waals surface area contributed by atoms with Crippen molar-refractivity contribution in [3.8, 4) is 11.3 Å². The highest BCUT2D eigenvalue weighted by atomic mass is 16.4. The Labute approximate surface area is 154 Å². The number of nitrogens with two attached hydrogens (primary N) is 1. The molecule has 1 heterocycles. The molecule has 1 saturated carbocycles. The molecular weight excluding hydrogens is 328 g/mol. The van der Waals surface area contributed by atoms with Crippen LogP contribution in [0.4, 0.5) is 6.01 Å². The Morgan fingerprint density at radius 1 is 1.35 bits per heavy atom. The van der Waals surface area contributed by atoms with Crippen molar-refractivity contribution in [3.63, 3.8) is 0 Å². The number of benzene rings is 1. The molecule has 140 valence electrons. The number of carbonyl (C=O) groups is 1. The van der Waals surface area contributed by atoms with E-state index in [4.69, 9.17) is 10.2 Å². The molecule has 1 aliphatic rings. The lowest BCUT2D eigenvalue weighted by atomic mass is 9.91. The van der Waals surface area contributed by atoms with Gasteiger partial charge in [-0.05, 0) is 30.9 Å². The lowest BCUT2D eigenvalue weighted by molar-refractivity contribution is 0.0949. The topological polar surface area (TPSA) is 93.2 Å². The quantitative estimate of drug-likeness (QED) is 0.737. The average Bonchev–Trinajstić information content (AvgIpc) is 3.10.